The highest BCUT2D eigenvalue weighted by molar-refractivity contribution is 7.84. The number of hydrogen-bond acceptors (Lipinski definition) is 3. The normalized spacial score (nSPS) is 11.3. The summed E-state index contributed by atoms with van der Waals surface area (Å²) in [5.41, 5.74) is 5.80. The van der Waals surface area contributed by atoms with Crippen molar-refractivity contribution in [2.24, 2.45) is 5.73 Å². The highest BCUT2D eigenvalue weighted by atomic mass is 35.5. The largest absolute Gasteiger partial charge is 0.325 e. The van der Waals surface area contributed by atoms with Crippen molar-refractivity contribution < 1.29 is 9.00 Å². The molecule has 0 aliphatic heterocycles. The molecule has 0 radical (unpaired) electrons. The highest BCUT2D eigenvalue weighted by Gasteiger charge is 2.00. The first-order valence-corrected chi connectivity index (χ1v) is 5.62. The molecular formula is C9H13ClN2O2S. The fraction of sp³-hybridized carbons (Fsp3) is 0.222. The van der Waals surface area contributed by atoms with Gasteiger partial charge in [0.15, 0.2) is 0 Å². The maximum absolute atomic E-state index is 11.0. The van der Waals surface area contributed by atoms with E-state index in [1.54, 1.807) is 30.5 Å². The van der Waals surface area contributed by atoms with Crippen molar-refractivity contribution in [2.75, 3.05) is 18.1 Å². The van der Waals surface area contributed by atoms with Gasteiger partial charge in [-0.05, 0) is 24.3 Å². The monoisotopic (exact) mass is 248 g/mol. The van der Waals surface area contributed by atoms with Gasteiger partial charge in [0, 0.05) is 27.6 Å². The minimum atomic E-state index is -0.989. The van der Waals surface area contributed by atoms with Crippen LogP contribution in [0.3, 0.4) is 0 Å². The summed E-state index contributed by atoms with van der Waals surface area (Å²) in [5, 5.41) is 2.59. The van der Waals surface area contributed by atoms with Crippen molar-refractivity contribution in [3.05, 3.63) is 24.3 Å². The number of anilines is 1. The van der Waals surface area contributed by atoms with Gasteiger partial charge in [0.1, 0.15) is 0 Å². The summed E-state index contributed by atoms with van der Waals surface area (Å²) < 4.78 is 11.0. The molecule has 1 amide bonds. The Balaban J connectivity index is 0.00000196. The molecule has 6 heteroatoms. The standard InChI is InChI=1S/C9H12N2O2S.ClH/c1-14(13)8-4-2-7(3-5-8)11-9(12)6-10;/h2-5H,6,10H2,1H3,(H,11,12);1H. The van der Waals surface area contributed by atoms with Crippen LogP contribution in [-0.2, 0) is 15.6 Å². The number of hydrogen-bond donors (Lipinski definition) is 2. The van der Waals surface area contributed by atoms with Gasteiger partial charge in [0.2, 0.25) is 5.91 Å². The predicted octanol–water partition coefficient (Wildman–Crippen LogP) is 0.743. The van der Waals surface area contributed by atoms with Crippen molar-refractivity contribution in [2.45, 2.75) is 4.90 Å². The van der Waals surface area contributed by atoms with Crippen molar-refractivity contribution in [3.8, 4) is 0 Å². The topological polar surface area (TPSA) is 72.2 Å². The lowest BCUT2D eigenvalue weighted by Crippen LogP contribution is -2.21. The Morgan fingerprint density at radius 3 is 2.33 bits per heavy atom. The first-order chi connectivity index (χ1) is 6.63. The predicted molar refractivity (Wildman–Crippen MR) is 63.7 cm³/mol. The number of nitrogens with two attached hydrogens (primary N) is 1. The van der Waals surface area contributed by atoms with Gasteiger partial charge < -0.3 is 11.1 Å². The average Bonchev–Trinajstić information content (AvgIpc) is 2.18. The van der Waals surface area contributed by atoms with Crippen molar-refractivity contribution in [1.29, 1.82) is 0 Å². The number of nitrogens with one attached hydrogen (secondary N) is 1. The zero-order valence-corrected chi connectivity index (χ0v) is 9.86. The summed E-state index contributed by atoms with van der Waals surface area (Å²) in [6.45, 7) is -0.0402. The molecule has 0 aliphatic carbocycles. The lowest BCUT2D eigenvalue weighted by atomic mass is 10.3. The molecule has 0 aliphatic rings. The van der Waals surface area contributed by atoms with Crippen LogP contribution in [0.1, 0.15) is 0 Å². The van der Waals surface area contributed by atoms with Crippen LogP contribution in [0, 0.1) is 0 Å². The summed E-state index contributed by atoms with van der Waals surface area (Å²) >= 11 is 0. The molecule has 15 heavy (non-hydrogen) atoms. The maximum atomic E-state index is 11.0. The van der Waals surface area contributed by atoms with E-state index in [1.165, 1.54) is 0 Å². The van der Waals surface area contributed by atoms with Crippen LogP contribution in [0.2, 0.25) is 0 Å². The molecule has 0 aromatic heterocycles. The molecule has 4 nitrogen and oxygen atoms in total. The van der Waals surface area contributed by atoms with Crippen molar-refractivity contribution in [1.82, 2.24) is 0 Å². The molecule has 1 unspecified atom stereocenters. The van der Waals surface area contributed by atoms with Gasteiger partial charge in [-0.1, -0.05) is 0 Å². The van der Waals surface area contributed by atoms with Crippen LogP contribution in [-0.4, -0.2) is 22.9 Å². The number of halogens is 1. The second-order valence-electron chi connectivity index (χ2n) is 2.73. The maximum Gasteiger partial charge on any atom is 0.238 e. The van der Waals surface area contributed by atoms with E-state index in [0.29, 0.717) is 5.69 Å². The van der Waals surface area contributed by atoms with E-state index in [-0.39, 0.29) is 24.9 Å². The van der Waals surface area contributed by atoms with Gasteiger partial charge in [-0.2, -0.15) is 0 Å². The van der Waals surface area contributed by atoms with E-state index in [9.17, 15) is 9.00 Å². The van der Waals surface area contributed by atoms with E-state index in [0.717, 1.165) is 4.90 Å². The van der Waals surface area contributed by atoms with E-state index in [1.807, 2.05) is 0 Å². The SMILES string of the molecule is CS(=O)c1ccc(NC(=O)CN)cc1.Cl. The molecule has 3 N–H and O–H groups in total. The molecule has 0 bridgehead atoms. The van der Waals surface area contributed by atoms with Crippen LogP contribution in [0.25, 0.3) is 0 Å². The fourth-order valence-electron chi connectivity index (χ4n) is 0.942. The van der Waals surface area contributed by atoms with E-state index in [4.69, 9.17) is 5.73 Å². The molecule has 0 spiro atoms. The van der Waals surface area contributed by atoms with Crippen LogP contribution in [0.5, 0.6) is 0 Å². The Labute approximate surface area is 97.1 Å². The molecular weight excluding hydrogens is 236 g/mol. The molecule has 1 atom stereocenters. The number of rotatable bonds is 3. The highest BCUT2D eigenvalue weighted by Crippen LogP contribution is 2.11. The Morgan fingerprint density at radius 1 is 1.40 bits per heavy atom. The van der Waals surface area contributed by atoms with Crippen molar-refractivity contribution in [3.63, 3.8) is 0 Å². The van der Waals surface area contributed by atoms with Crippen LogP contribution < -0.4 is 11.1 Å². The van der Waals surface area contributed by atoms with Gasteiger partial charge >= 0.3 is 0 Å². The van der Waals surface area contributed by atoms with Crippen LogP contribution in [0.15, 0.2) is 29.2 Å². The summed E-state index contributed by atoms with van der Waals surface area (Å²) in [5.74, 6) is -0.240. The third-order valence-corrected chi connectivity index (χ3v) is 2.59. The van der Waals surface area contributed by atoms with Gasteiger partial charge in [-0.15, -0.1) is 12.4 Å². The van der Waals surface area contributed by atoms with E-state index in [2.05, 4.69) is 5.32 Å². The number of carbonyl (C=O) groups is 1. The molecule has 0 fully saturated rings. The molecule has 1 rings (SSSR count). The minimum Gasteiger partial charge on any atom is -0.325 e. The lowest BCUT2D eigenvalue weighted by Gasteiger charge is -2.03. The molecule has 1 aromatic rings. The van der Waals surface area contributed by atoms with Crippen molar-refractivity contribution >= 4 is 34.8 Å². The van der Waals surface area contributed by atoms with Gasteiger partial charge in [0.25, 0.3) is 0 Å². The van der Waals surface area contributed by atoms with Gasteiger partial charge in [-0.25, -0.2) is 0 Å². The second-order valence-corrected chi connectivity index (χ2v) is 4.11. The third-order valence-electron chi connectivity index (χ3n) is 1.66. The van der Waals surface area contributed by atoms with Gasteiger partial charge in [-0.3, -0.25) is 9.00 Å². The smallest absolute Gasteiger partial charge is 0.238 e. The summed E-state index contributed by atoms with van der Waals surface area (Å²) in [6.07, 6.45) is 1.60. The number of amides is 1. The molecule has 0 saturated carbocycles. The fourth-order valence-corrected chi connectivity index (χ4v) is 1.46. The van der Waals surface area contributed by atoms with Gasteiger partial charge in [0.05, 0.1) is 6.54 Å². The molecule has 1 aromatic carbocycles. The molecule has 84 valence electrons. The zero-order valence-electron chi connectivity index (χ0n) is 8.23. The third kappa shape index (κ3) is 4.42. The first-order valence-electron chi connectivity index (χ1n) is 4.07. The average molecular weight is 249 g/mol. The van der Waals surface area contributed by atoms with Crippen LogP contribution in [0.4, 0.5) is 5.69 Å². The number of carbonyl (C=O) groups excluding carboxylic acids is 1. The second kappa shape index (κ2) is 6.55. The zero-order chi connectivity index (χ0) is 10.6. The minimum absolute atomic E-state index is 0. The first kappa shape index (κ1) is 14.1. The molecule has 0 saturated heterocycles. The lowest BCUT2D eigenvalue weighted by molar-refractivity contribution is -0.114. The Morgan fingerprint density at radius 2 is 1.93 bits per heavy atom. The number of benzene rings is 1. The quantitative estimate of drug-likeness (QED) is 0.829. The Bertz CT molecular complexity index is 354. The molecule has 0 heterocycles. The van der Waals surface area contributed by atoms with E-state index < -0.39 is 10.8 Å². The summed E-state index contributed by atoms with van der Waals surface area (Å²) in [4.78, 5) is 11.6. The summed E-state index contributed by atoms with van der Waals surface area (Å²) in [6, 6.07) is 6.82. The Kier molecular flexibility index (Phi) is 6.15. The van der Waals surface area contributed by atoms with Crippen LogP contribution >= 0.6 is 12.4 Å². The Hall–Kier alpha value is -0.910. The summed E-state index contributed by atoms with van der Waals surface area (Å²) in [7, 11) is -0.989. The van der Waals surface area contributed by atoms with E-state index >= 15 is 0 Å².